The highest BCUT2D eigenvalue weighted by Gasteiger charge is 2.16. The van der Waals surface area contributed by atoms with Gasteiger partial charge in [-0.05, 0) is 24.6 Å². The summed E-state index contributed by atoms with van der Waals surface area (Å²) in [7, 11) is 3.94. The topological polar surface area (TPSA) is 41.0 Å². The fourth-order valence-corrected chi connectivity index (χ4v) is 2.93. The van der Waals surface area contributed by atoms with E-state index >= 15 is 0 Å². The number of hydrogen-bond donors (Lipinski definition) is 1. The molecule has 0 amide bonds. The van der Waals surface area contributed by atoms with Gasteiger partial charge in [-0.15, -0.1) is 11.3 Å². The molecule has 0 bridgehead atoms. The summed E-state index contributed by atoms with van der Waals surface area (Å²) in [4.78, 5) is 12.5. The van der Waals surface area contributed by atoms with Crippen molar-refractivity contribution in [3.8, 4) is 0 Å². The standard InChI is InChI=1S/C13H18N4S2/c1-9(10-6-5-7-19-10)17(3)12-8-11(14-2)15-13(16-12)18-4/h5-9H,1-4H3,(H,14,15,16). The lowest BCUT2D eigenvalue weighted by atomic mass is 10.2. The minimum absolute atomic E-state index is 0.300. The molecule has 2 aromatic heterocycles. The molecule has 0 aliphatic carbocycles. The highest BCUT2D eigenvalue weighted by Crippen LogP contribution is 2.28. The number of thioether (sulfide) groups is 1. The molecule has 0 radical (unpaired) electrons. The van der Waals surface area contributed by atoms with Crippen LogP contribution in [0, 0.1) is 0 Å². The van der Waals surface area contributed by atoms with Crippen molar-refractivity contribution in [2.75, 3.05) is 30.6 Å². The summed E-state index contributed by atoms with van der Waals surface area (Å²) in [5, 5.41) is 5.97. The van der Waals surface area contributed by atoms with E-state index in [0.717, 1.165) is 16.8 Å². The van der Waals surface area contributed by atoms with Crippen LogP contribution in [0.25, 0.3) is 0 Å². The van der Waals surface area contributed by atoms with Gasteiger partial charge in [-0.2, -0.15) is 0 Å². The summed E-state index contributed by atoms with van der Waals surface area (Å²) >= 11 is 3.32. The second-order valence-electron chi connectivity index (χ2n) is 4.15. The van der Waals surface area contributed by atoms with Crippen LogP contribution in [0.3, 0.4) is 0 Å². The molecule has 2 heterocycles. The van der Waals surface area contributed by atoms with Crippen molar-refractivity contribution in [1.29, 1.82) is 0 Å². The van der Waals surface area contributed by atoms with Crippen LogP contribution < -0.4 is 10.2 Å². The maximum Gasteiger partial charge on any atom is 0.191 e. The van der Waals surface area contributed by atoms with Crippen LogP contribution >= 0.6 is 23.1 Å². The first-order valence-electron chi connectivity index (χ1n) is 6.02. The Balaban J connectivity index is 2.29. The molecule has 19 heavy (non-hydrogen) atoms. The molecule has 0 aliphatic heterocycles. The Morgan fingerprint density at radius 1 is 1.42 bits per heavy atom. The van der Waals surface area contributed by atoms with E-state index in [1.54, 1.807) is 23.1 Å². The summed E-state index contributed by atoms with van der Waals surface area (Å²) in [5.74, 6) is 1.78. The molecule has 1 atom stereocenters. The molecule has 2 aromatic rings. The number of nitrogens with zero attached hydrogens (tertiary/aromatic N) is 3. The SMILES string of the molecule is CNc1cc(N(C)C(C)c2cccs2)nc(SC)n1. The maximum absolute atomic E-state index is 4.57. The van der Waals surface area contributed by atoms with Gasteiger partial charge in [0.05, 0.1) is 6.04 Å². The molecule has 6 heteroatoms. The molecule has 0 aliphatic rings. The minimum Gasteiger partial charge on any atom is -0.373 e. The van der Waals surface area contributed by atoms with Crippen molar-refractivity contribution in [2.45, 2.75) is 18.1 Å². The Kier molecular flexibility index (Phi) is 4.66. The second-order valence-corrected chi connectivity index (χ2v) is 5.90. The Morgan fingerprint density at radius 2 is 2.21 bits per heavy atom. The van der Waals surface area contributed by atoms with Gasteiger partial charge in [0.15, 0.2) is 5.16 Å². The van der Waals surface area contributed by atoms with Crippen LogP contribution in [0.5, 0.6) is 0 Å². The lowest BCUT2D eigenvalue weighted by Crippen LogP contribution is -2.22. The van der Waals surface area contributed by atoms with Crippen LogP contribution in [-0.2, 0) is 0 Å². The largest absolute Gasteiger partial charge is 0.373 e. The van der Waals surface area contributed by atoms with Gasteiger partial charge in [0.2, 0.25) is 0 Å². The van der Waals surface area contributed by atoms with Crippen LogP contribution in [0.15, 0.2) is 28.7 Å². The number of thiophene rings is 1. The summed E-state index contributed by atoms with van der Waals surface area (Å²) in [6.45, 7) is 2.19. The third kappa shape index (κ3) is 3.19. The van der Waals surface area contributed by atoms with Crippen LogP contribution in [0.4, 0.5) is 11.6 Å². The molecule has 0 fully saturated rings. The quantitative estimate of drug-likeness (QED) is 0.675. The van der Waals surface area contributed by atoms with Gasteiger partial charge in [0.25, 0.3) is 0 Å². The zero-order chi connectivity index (χ0) is 13.8. The van der Waals surface area contributed by atoms with E-state index in [-0.39, 0.29) is 0 Å². The summed E-state index contributed by atoms with van der Waals surface area (Å²) in [5.41, 5.74) is 0. The van der Waals surface area contributed by atoms with Gasteiger partial charge in [-0.3, -0.25) is 0 Å². The van der Waals surface area contributed by atoms with E-state index in [2.05, 4.69) is 51.7 Å². The van der Waals surface area contributed by atoms with Gasteiger partial charge in [-0.25, -0.2) is 9.97 Å². The Morgan fingerprint density at radius 3 is 2.79 bits per heavy atom. The molecule has 0 spiro atoms. The van der Waals surface area contributed by atoms with Gasteiger partial charge in [0, 0.05) is 25.0 Å². The van der Waals surface area contributed by atoms with Crippen molar-refractivity contribution in [3.05, 3.63) is 28.5 Å². The molecule has 1 N–H and O–H groups in total. The first-order chi connectivity index (χ1) is 9.15. The van der Waals surface area contributed by atoms with E-state index in [4.69, 9.17) is 0 Å². The molecule has 4 nitrogen and oxygen atoms in total. The maximum atomic E-state index is 4.57. The van der Waals surface area contributed by atoms with Gasteiger partial charge >= 0.3 is 0 Å². The molecule has 0 aromatic carbocycles. The Bertz CT molecular complexity index is 505. The first-order valence-corrected chi connectivity index (χ1v) is 8.13. The van der Waals surface area contributed by atoms with E-state index < -0.39 is 0 Å². The van der Waals surface area contributed by atoms with E-state index in [0.29, 0.717) is 6.04 Å². The minimum atomic E-state index is 0.300. The smallest absolute Gasteiger partial charge is 0.191 e. The lowest BCUT2D eigenvalue weighted by molar-refractivity contribution is 0.732. The summed E-state index contributed by atoms with van der Waals surface area (Å²) < 4.78 is 0. The van der Waals surface area contributed by atoms with Crippen molar-refractivity contribution in [3.63, 3.8) is 0 Å². The fraction of sp³-hybridized carbons (Fsp3) is 0.385. The normalized spacial score (nSPS) is 12.2. The lowest BCUT2D eigenvalue weighted by Gasteiger charge is -2.25. The third-order valence-corrected chi connectivity index (χ3v) is 4.62. The average molecular weight is 294 g/mol. The highest BCUT2D eigenvalue weighted by molar-refractivity contribution is 7.98. The van der Waals surface area contributed by atoms with Crippen molar-refractivity contribution >= 4 is 34.7 Å². The molecule has 0 saturated heterocycles. The second kappa shape index (κ2) is 6.25. The first kappa shape index (κ1) is 14.1. The zero-order valence-electron chi connectivity index (χ0n) is 11.5. The number of aromatic nitrogens is 2. The van der Waals surface area contributed by atoms with Gasteiger partial charge in [0.1, 0.15) is 11.6 Å². The van der Waals surface area contributed by atoms with Gasteiger partial charge < -0.3 is 10.2 Å². The summed E-state index contributed by atoms with van der Waals surface area (Å²) in [6, 6.07) is 6.51. The van der Waals surface area contributed by atoms with E-state index in [1.165, 1.54) is 4.88 Å². The molecule has 102 valence electrons. The van der Waals surface area contributed by atoms with Crippen LogP contribution in [-0.4, -0.2) is 30.3 Å². The number of hydrogen-bond acceptors (Lipinski definition) is 6. The zero-order valence-corrected chi connectivity index (χ0v) is 13.2. The van der Waals surface area contributed by atoms with E-state index in [9.17, 15) is 0 Å². The molecule has 2 rings (SSSR count). The number of nitrogens with one attached hydrogen (secondary N) is 1. The van der Waals surface area contributed by atoms with Crippen LogP contribution in [0.1, 0.15) is 17.8 Å². The van der Waals surface area contributed by atoms with E-state index in [1.807, 2.05) is 19.4 Å². The molecule has 1 unspecified atom stereocenters. The van der Waals surface area contributed by atoms with Crippen LogP contribution in [0.2, 0.25) is 0 Å². The van der Waals surface area contributed by atoms with Crippen molar-refractivity contribution in [2.24, 2.45) is 0 Å². The molecular formula is C13H18N4S2. The molecule has 0 saturated carbocycles. The molecular weight excluding hydrogens is 276 g/mol. The number of anilines is 2. The third-order valence-electron chi connectivity index (χ3n) is 3.03. The Labute approximate surface area is 122 Å². The van der Waals surface area contributed by atoms with Crippen molar-refractivity contribution in [1.82, 2.24) is 9.97 Å². The van der Waals surface area contributed by atoms with Crippen molar-refractivity contribution < 1.29 is 0 Å². The predicted molar refractivity (Wildman–Crippen MR) is 84.5 cm³/mol. The summed E-state index contributed by atoms with van der Waals surface area (Å²) in [6.07, 6.45) is 1.99. The predicted octanol–water partition coefficient (Wildman–Crippen LogP) is 3.50. The number of rotatable bonds is 5. The highest BCUT2D eigenvalue weighted by atomic mass is 32.2. The Hall–Kier alpha value is -1.27. The van der Waals surface area contributed by atoms with Gasteiger partial charge in [-0.1, -0.05) is 17.8 Å². The monoisotopic (exact) mass is 294 g/mol. The fourth-order valence-electron chi connectivity index (χ4n) is 1.73. The average Bonchev–Trinajstić information content (AvgIpc) is 2.99.